The molecule has 0 spiro atoms. The number of carbonyl (C=O) groups excluding carboxylic acids is 1. The summed E-state index contributed by atoms with van der Waals surface area (Å²) in [6.07, 6.45) is 0.735. The molecule has 1 amide bonds. The maximum absolute atomic E-state index is 12.6. The van der Waals surface area contributed by atoms with Crippen LogP contribution in [-0.2, 0) is 14.8 Å². The van der Waals surface area contributed by atoms with Crippen LogP contribution in [0, 0.1) is 10.1 Å². The highest BCUT2D eigenvalue weighted by atomic mass is 32.2. The fourth-order valence-corrected chi connectivity index (χ4v) is 3.26. The number of benzene rings is 2. The SMILES string of the molecule is CCCOc1ccc([N+](=O)[O-])c(NS(=O)(=O)c2ccc(NC(C)=O)cc2)c1. The summed E-state index contributed by atoms with van der Waals surface area (Å²) in [6, 6.07) is 9.29. The topological polar surface area (TPSA) is 128 Å². The predicted octanol–water partition coefficient (Wildman–Crippen LogP) is 3.14. The second kappa shape index (κ2) is 8.49. The summed E-state index contributed by atoms with van der Waals surface area (Å²) in [5.74, 6) is 0.0319. The van der Waals surface area contributed by atoms with Crippen LogP contribution in [0.5, 0.6) is 5.75 Å². The molecule has 0 heterocycles. The van der Waals surface area contributed by atoms with Gasteiger partial charge in [-0.15, -0.1) is 0 Å². The Balaban J connectivity index is 2.32. The number of nitrogens with one attached hydrogen (secondary N) is 2. The van der Waals surface area contributed by atoms with Crippen molar-refractivity contribution in [1.82, 2.24) is 0 Å². The number of sulfonamides is 1. The minimum atomic E-state index is -4.07. The second-order valence-corrected chi connectivity index (χ2v) is 7.28. The zero-order valence-electron chi connectivity index (χ0n) is 14.8. The van der Waals surface area contributed by atoms with Gasteiger partial charge in [0.25, 0.3) is 15.7 Å². The van der Waals surface area contributed by atoms with Crippen LogP contribution >= 0.6 is 0 Å². The van der Waals surface area contributed by atoms with Gasteiger partial charge >= 0.3 is 0 Å². The molecule has 0 atom stereocenters. The number of nitro benzene ring substituents is 1. The van der Waals surface area contributed by atoms with Crippen LogP contribution < -0.4 is 14.8 Å². The summed E-state index contributed by atoms with van der Waals surface area (Å²) in [7, 11) is -4.07. The van der Waals surface area contributed by atoms with Gasteiger partial charge in [0, 0.05) is 24.7 Å². The van der Waals surface area contributed by atoms with Gasteiger partial charge in [-0.25, -0.2) is 8.42 Å². The molecule has 2 rings (SSSR count). The van der Waals surface area contributed by atoms with Crippen molar-refractivity contribution in [3.8, 4) is 5.75 Å². The fraction of sp³-hybridized carbons (Fsp3) is 0.235. The number of ether oxygens (including phenoxy) is 1. The maximum atomic E-state index is 12.6. The molecule has 0 aliphatic rings. The number of anilines is 2. The molecule has 0 aliphatic heterocycles. The normalized spacial score (nSPS) is 10.9. The molecule has 0 fully saturated rings. The van der Waals surface area contributed by atoms with E-state index >= 15 is 0 Å². The zero-order chi connectivity index (χ0) is 20.0. The molecule has 0 saturated heterocycles. The van der Waals surface area contributed by atoms with Crippen LogP contribution in [0.1, 0.15) is 20.3 Å². The van der Waals surface area contributed by atoms with Crippen molar-refractivity contribution in [3.05, 3.63) is 52.6 Å². The molecule has 27 heavy (non-hydrogen) atoms. The van der Waals surface area contributed by atoms with E-state index in [-0.39, 0.29) is 16.5 Å². The summed E-state index contributed by atoms with van der Waals surface area (Å²) < 4.78 is 32.8. The van der Waals surface area contributed by atoms with Gasteiger partial charge in [-0.05, 0) is 36.8 Å². The molecule has 0 bridgehead atoms. The molecule has 0 unspecified atom stereocenters. The number of hydrogen-bond donors (Lipinski definition) is 2. The van der Waals surface area contributed by atoms with Crippen LogP contribution in [0.4, 0.5) is 17.1 Å². The summed E-state index contributed by atoms with van der Waals surface area (Å²) in [5.41, 5.74) is -0.153. The number of rotatable bonds is 8. The van der Waals surface area contributed by atoms with Crippen molar-refractivity contribution in [2.75, 3.05) is 16.6 Å². The van der Waals surface area contributed by atoms with E-state index in [0.717, 1.165) is 6.42 Å². The van der Waals surface area contributed by atoms with E-state index in [4.69, 9.17) is 4.74 Å². The van der Waals surface area contributed by atoms with Crippen molar-refractivity contribution in [1.29, 1.82) is 0 Å². The minimum Gasteiger partial charge on any atom is -0.494 e. The van der Waals surface area contributed by atoms with Crippen LogP contribution in [0.25, 0.3) is 0 Å². The molecule has 0 aromatic heterocycles. The van der Waals surface area contributed by atoms with Crippen LogP contribution in [0.2, 0.25) is 0 Å². The number of hydrogen-bond acceptors (Lipinski definition) is 6. The van der Waals surface area contributed by atoms with Gasteiger partial charge in [0.1, 0.15) is 11.4 Å². The number of amides is 1. The first kappa shape index (κ1) is 20.2. The molecule has 9 nitrogen and oxygen atoms in total. The summed E-state index contributed by atoms with van der Waals surface area (Å²) in [6.45, 7) is 3.63. The van der Waals surface area contributed by atoms with E-state index in [2.05, 4.69) is 10.0 Å². The molecule has 2 aromatic rings. The van der Waals surface area contributed by atoms with Crippen molar-refractivity contribution < 1.29 is 22.9 Å². The summed E-state index contributed by atoms with van der Waals surface area (Å²) in [4.78, 5) is 21.4. The number of nitro groups is 1. The first-order chi connectivity index (χ1) is 12.7. The highest BCUT2D eigenvalue weighted by molar-refractivity contribution is 7.92. The standard InChI is InChI=1S/C17H19N3O6S/c1-3-10-26-14-6-9-17(20(22)23)16(11-14)19-27(24,25)15-7-4-13(5-8-15)18-12(2)21/h4-9,11,19H,3,10H2,1-2H3,(H,18,21). The molecule has 0 aliphatic carbocycles. The van der Waals surface area contributed by atoms with E-state index in [1.54, 1.807) is 0 Å². The average molecular weight is 393 g/mol. The maximum Gasteiger partial charge on any atom is 0.293 e. The fourth-order valence-electron chi connectivity index (χ4n) is 2.19. The monoisotopic (exact) mass is 393 g/mol. The average Bonchev–Trinajstić information content (AvgIpc) is 2.59. The Morgan fingerprint density at radius 3 is 2.41 bits per heavy atom. The van der Waals surface area contributed by atoms with Gasteiger partial charge in [0.05, 0.1) is 16.4 Å². The summed E-state index contributed by atoms with van der Waals surface area (Å²) in [5, 5.41) is 13.7. The minimum absolute atomic E-state index is 0.106. The molecule has 2 N–H and O–H groups in total. The Morgan fingerprint density at radius 1 is 1.19 bits per heavy atom. The molecular weight excluding hydrogens is 374 g/mol. The van der Waals surface area contributed by atoms with Crippen molar-refractivity contribution in [2.24, 2.45) is 0 Å². The van der Waals surface area contributed by atoms with E-state index < -0.39 is 20.6 Å². The lowest BCUT2D eigenvalue weighted by molar-refractivity contribution is -0.383. The third-order valence-corrected chi connectivity index (χ3v) is 4.75. The zero-order valence-corrected chi connectivity index (χ0v) is 15.6. The Morgan fingerprint density at radius 2 is 1.85 bits per heavy atom. The first-order valence-electron chi connectivity index (χ1n) is 8.04. The molecular formula is C17H19N3O6S. The lowest BCUT2D eigenvalue weighted by Gasteiger charge is -2.11. The van der Waals surface area contributed by atoms with Gasteiger partial charge in [-0.2, -0.15) is 0 Å². The number of carbonyl (C=O) groups is 1. The Kier molecular flexibility index (Phi) is 6.35. The lowest BCUT2D eigenvalue weighted by atomic mass is 10.2. The largest absolute Gasteiger partial charge is 0.494 e. The van der Waals surface area contributed by atoms with Gasteiger partial charge in [0.15, 0.2) is 0 Å². The van der Waals surface area contributed by atoms with E-state index in [0.29, 0.717) is 18.0 Å². The Bertz CT molecular complexity index is 942. The Labute approximate surface area is 156 Å². The van der Waals surface area contributed by atoms with Crippen LogP contribution in [0.3, 0.4) is 0 Å². The third-order valence-electron chi connectivity index (χ3n) is 3.37. The molecule has 2 aromatic carbocycles. The summed E-state index contributed by atoms with van der Waals surface area (Å²) >= 11 is 0. The smallest absolute Gasteiger partial charge is 0.293 e. The quantitative estimate of drug-likeness (QED) is 0.524. The van der Waals surface area contributed by atoms with E-state index in [1.807, 2.05) is 6.92 Å². The van der Waals surface area contributed by atoms with Crippen LogP contribution in [-0.4, -0.2) is 25.9 Å². The van der Waals surface area contributed by atoms with Gasteiger partial charge in [-0.1, -0.05) is 6.92 Å². The number of nitrogens with zero attached hydrogens (tertiary/aromatic N) is 1. The third kappa shape index (κ3) is 5.42. The van der Waals surface area contributed by atoms with Gasteiger partial charge in [0.2, 0.25) is 5.91 Å². The van der Waals surface area contributed by atoms with Crippen molar-refractivity contribution >= 4 is 33.0 Å². The lowest BCUT2D eigenvalue weighted by Crippen LogP contribution is -2.14. The molecule has 144 valence electrons. The second-order valence-electron chi connectivity index (χ2n) is 5.60. The highest BCUT2D eigenvalue weighted by Gasteiger charge is 2.21. The van der Waals surface area contributed by atoms with Gasteiger partial charge in [-0.3, -0.25) is 19.6 Å². The predicted molar refractivity (Wildman–Crippen MR) is 100 cm³/mol. The first-order valence-corrected chi connectivity index (χ1v) is 9.53. The molecule has 10 heteroatoms. The Hall–Kier alpha value is -3.14. The van der Waals surface area contributed by atoms with Crippen molar-refractivity contribution in [3.63, 3.8) is 0 Å². The van der Waals surface area contributed by atoms with E-state index in [9.17, 15) is 23.3 Å². The van der Waals surface area contributed by atoms with Gasteiger partial charge < -0.3 is 10.1 Å². The van der Waals surface area contributed by atoms with Crippen LogP contribution in [0.15, 0.2) is 47.4 Å². The molecule has 0 radical (unpaired) electrons. The molecule has 0 saturated carbocycles. The van der Waals surface area contributed by atoms with Crippen molar-refractivity contribution in [2.45, 2.75) is 25.2 Å². The highest BCUT2D eigenvalue weighted by Crippen LogP contribution is 2.31. The van der Waals surface area contributed by atoms with E-state index in [1.165, 1.54) is 49.4 Å².